The lowest BCUT2D eigenvalue weighted by Gasteiger charge is -2.23. The quantitative estimate of drug-likeness (QED) is 0.876. The number of benzene rings is 2. The molecule has 21 heavy (non-hydrogen) atoms. The third kappa shape index (κ3) is 2.96. The van der Waals surface area contributed by atoms with Gasteiger partial charge in [0.15, 0.2) is 0 Å². The lowest BCUT2D eigenvalue weighted by molar-refractivity contribution is 0.586. The number of hydrogen-bond acceptors (Lipinski definition) is 3. The van der Waals surface area contributed by atoms with Crippen molar-refractivity contribution in [1.82, 2.24) is 0 Å². The number of para-hydroxylation sites is 1. The predicted molar refractivity (Wildman–Crippen MR) is 82.5 cm³/mol. The molecule has 0 heterocycles. The van der Waals surface area contributed by atoms with Gasteiger partial charge in [0.1, 0.15) is 5.82 Å². The van der Waals surface area contributed by atoms with Crippen LogP contribution in [0.3, 0.4) is 0 Å². The summed E-state index contributed by atoms with van der Waals surface area (Å²) >= 11 is 5.79. The minimum atomic E-state index is -3.91. The van der Waals surface area contributed by atoms with E-state index in [0.717, 1.165) is 4.31 Å². The number of sulfonamides is 1. The van der Waals surface area contributed by atoms with Crippen molar-refractivity contribution in [2.24, 2.45) is 0 Å². The molecule has 2 N–H and O–H groups in total. The molecule has 0 spiro atoms. The summed E-state index contributed by atoms with van der Waals surface area (Å²) in [6.07, 6.45) is 0. The topological polar surface area (TPSA) is 63.4 Å². The van der Waals surface area contributed by atoms with Crippen LogP contribution in [-0.4, -0.2) is 15.0 Å². The van der Waals surface area contributed by atoms with Gasteiger partial charge in [0.25, 0.3) is 10.0 Å². The Hall–Kier alpha value is -1.79. The fraction of sp³-hybridized carbons (Fsp3) is 0.143. The highest BCUT2D eigenvalue weighted by Crippen LogP contribution is 2.28. The average molecular weight is 329 g/mol. The van der Waals surface area contributed by atoms with Gasteiger partial charge in [-0.15, -0.1) is 0 Å². The Morgan fingerprint density at radius 1 is 1.24 bits per heavy atom. The summed E-state index contributed by atoms with van der Waals surface area (Å²) in [5.41, 5.74) is 5.79. The summed E-state index contributed by atoms with van der Waals surface area (Å²) in [6, 6.07) is 9.71. The number of rotatable bonds is 4. The van der Waals surface area contributed by atoms with Crippen LogP contribution in [0.1, 0.15) is 6.92 Å². The molecule has 0 aromatic heterocycles. The average Bonchev–Trinajstić information content (AvgIpc) is 2.44. The van der Waals surface area contributed by atoms with Crippen LogP contribution in [0.4, 0.5) is 15.8 Å². The molecule has 112 valence electrons. The summed E-state index contributed by atoms with van der Waals surface area (Å²) < 4.78 is 40.1. The van der Waals surface area contributed by atoms with Gasteiger partial charge in [-0.3, -0.25) is 4.31 Å². The molecule has 4 nitrogen and oxygen atoms in total. The molecule has 0 radical (unpaired) electrons. The lowest BCUT2D eigenvalue weighted by atomic mass is 10.3. The first-order chi connectivity index (χ1) is 9.87. The molecule has 0 saturated carbocycles. The second kappa shape index (κ2) is 5.91. The van der Waals surface area contributed by atoms with E-state index in [-0.39, 0.29) is 27.8 Å². The summed E-state index contributed by atoms with van der Waals surface area (Å²) in [4.78, 5) is -0.0329. The van der Waals surface area contributed by atoms with Crippen molar-refractivity contribution in [2.45, 2.75) is 11.8 Å². The Labute approximate surface area is 128 Å². The van der Waals surface area contributed by atoms with Crippen LogP contribution < -0.4 is 10.0 Å². The number of anilines is 2. The van der Waals surface area contributed by atoms with E-state index in [9.17, 15) is 12.8 Å². The van der Waals surface area contributed by atoms with Gasteiger partial charge in [-0.2, -0.15) is 0 Å². The zero-order valence-corrected chi connectivity index (χ0v) is 12.8. The largest absolute Gasteiger partial charge is 0.397 e. The standard InChI is InChI=1S/C14H14ClFN2O2S/c1-2-18(14-6-4-3-5-12(14)16)21(19,20)10-7-8-11(15)13(17)9-10/h3-9H,2,17H2,1H3. The summed E-state index contributed by atoms with van der Waals surface area (Å²) in [6.45, 7) is 1.72. The molecule has 0 aliphatic rings. The molecular weight excluding hydrogens is 315 g/mol. The van der Waals surface area contributed by atoms with Crippen molar-refractivity contribution < 1.29 is 12.8 Å². The van der Waals surface area contributed by atoms with Crippen LogP contribution in [0.5, 0.6) is 0 Å². The molecule has 0 bridgehead atoms. The monoisotopic (exact) mass is 328 g/mol. The fourth-order valence-electron chi connectivity index (χ4n) is 1.93. The van der Waals surface area contributed by atoms with E-state index >= 15 is 0 Å². The Morgan fingerprint density at radius 3 is 2.48 bits per heavy atom. The van der Waals surface area contributed by atoms with Crippen molar-refractivity contribution in [1.29, 1.82) is 0 Å². The zero-order valence-electron chi connectivity index (χ0n) is 11.3. The SMILES string of the molecule is CCN(c1ccccc1F)S(=O)(=O)c1ccc(Cl)c(N)c1. The third-order valence-corrected chi connectivity index (χ3v) is 5.19. The number of nitrogens with zero attached hydrogens (tertiary/aromatic N) is 1. The second-order valence-electron chi connectivity index (χ2n) is 4.30. The Kier molecular flexibility index (Phi) is 4.39. The molecule has 0 unspecified atom stereocenters. The molecular formula is C14H14ClFN2O2S. The number of nitrogens with two attached hydrogens (primary N) is 1. The van der Waals surface area contributed by atoms with Gasteiger partial charge in [0.05, 0.1) is 21.3 Å². The van der Waals surface area contributed by atoms with Crippen molar-refractivity contribution in [2.75, 3.05) is 16.6 Å². The minimum absolute atomic E-state index is 0.00600. The minimum Gasteiger partial charge on any atom is -0.397 e. The first-order valence-corrected chi connectivity index (χ1v) is 8.02. The van der Waals surface area contributed by atoms with E-state index in [1.165, 1.54) is 36.4 Å². The molecule has 0 saturated heterocycles. The molecule has 0 aliphatic heterocycles. The maximum Gasteiger partial charge on any atom is 0.264 e. The van der Waals surface area contributed by atoms with Crippen LogP contribution in [-0.2, 0) is 10.0 Å². The first-order valence-electron chi connectivity index (χ1n) is 6.20. The van der Waals surface area contributed by atoms with E-state index in [2.05, 4.69) is 0 Å². The maximum atomic E-state index is 13.9. The Balaban J connectivity index is 2.55. The van der Waals surface area contributed by atoms with Gasteiger partial charge < -0.3 is 5.73 Å². The van der Waals surface area contributed by atoms with Crippen LogP contribution in [0.2, 0.25) is 5.02 Å². The van der Waals surface area contributed by atoms with Crippen molar-refractivity contribution in [3.05, 3.63) is 53.3 Å². The molecule has 7 heteroatoms. The molecule has 2 aromatic carbocycles. The Bertz CT molecular complexity index is 765. The number of hydrogen-bond donors (Lipinski definition) is 1. The van der Waals surface area contributed by atoms with Gasteiger partial charge >= 0.3 is 0 Å². The normalized spacial score (nSPS) is 11.4. The lowest BCUT2D eigenvalue weighted by Crippen LogP contribution is -2.31. The summed E-state index contributed by atoms with van der Waals surface area (Å²) in [7, 11) is -3.91. The van der Waals surface area contributed by atoms with Crippen LogP contribution in [0.15, 0.2) is 47.4 Å². The van der Waals surface area contributed by atoms with Crippen LogP contribution >= 0.6 is 11.6 Å². The Morgan fingerprint density at radius 2 is 1.90 bits per heavy atom. The van der Waals surface area contributed by atoms with E-state index < -0.39 is 15.8 Å². The number of nitrogen functional groups attached to an aromatic ring is 1. The summed E-state index contributed by atoms with van der Waals surface area (Å²) in [5, 5.41) is 0.267. The smallest absolute Gasteiger partial charge is 0.264 e. The number of halogens is 2. The zero-order chi connectivity index (χ0) is 15.6. The highest BCUT2D eigenvalue weighted by molar-refractivity contribution is 7.92. The van der Waals surface area contributed by atoms with Crippen LogP contribution in [0, 0.1) is 5.82 Å². The van der Waals surface area contributed by atoms with Gasteiger partial charge in [-0.25, -0.2) is 12.8 Å². The van der Waals surface area contributed by atoms with E-state index in [1.54, 1.807) is 13.0 Å². The fourth-order valence-corrected chi connectivity index (χ4v) is 3.57. The van der Waals surface area contributed by atoms with Crippen molar-refractivity contribution in [3.63, 3.8) is 0 Å². The second-order valence-corrected chi connectivity index (χ2v) is 6.57. The highest BCUT2D eigenvalue weighted by atomic mass is 35.5. The summed E-state index contributed by atoms with van der Waals surface area (Å²) in [5.74, 6) is -0.607. The van der Waals surface area contributed by atoms with E-state index in [1.807, 2.05) is 0 Å². The predicted octanol–water partition coefficient (Wildman–Crippen LogP) is 3.28. The van der Waals surface area contributed by atoms with E-state index in [0.29, 0.717) is 0 Å². The van der Waals surface area contributed by atoms with E-state index in [4.69, 9.17) is 17.3 Å². The van der Waals surface area contributed by atoms with Gasteiger partial charge in [0, 0.05) is 6.54 Å². The first kappa shape index (κ1) is 15.6. The van der Waals surface area contributed by atoms with Gasteiger partial charge in [-0.1, -0.05) is 23.7 Å². The maximum absolute atomic E-state index is 13.9. The molecule has 0 aliphatic carbocycles. The van der Waals surface area contributed by atoms with Crippen LogP contribution in [0.25, 0.3) is 0 Å². The molecule has 0 atom stereocenters. The molecule has 0 amide bonds. The molecule has 2 rings (SSSR count). The van der Waals surface area contributed by atoms with Crippen molar-refractivity contribution in [3.8, 4) is 0 Å². The highest BCUT2D eigenvalue weighted by Gasteiger charge is 2.26. The third-order valence-electron chi connectivity index (χ3n) is 2.96. The van der Waals surface area contributed by atoms with Crippen molar-refractivity contribution >= 4 is 33.0 Å². The van der Waals surface area contributed by atoms with Gasteiger partial charge in [-0.05, 0) is 37.3 Å². The molecule has 0 fully saturated rings. The molecule has 2 aromatic rings. The van der Waals surface area contributed by atoms with Gasteiger partial charge in [0.2, 0.25) is 0 Å².